The Balaban J connectivity index is 3.74. The molecule has 0 aliphatic rings. The normalized spacial score (nSPS) is 13.1. The van der Waals surface area contributed by atoms with Crippen LogP contribution in [0.15, 0.2) is 60.8 Å². The topological polar surface area (TPSA) is 134 Å². The van der Waals surface area contributed by atoms with Crippen LogP contribution in [0, 0.1) is 0 Å². The van der Waals surface area contributed by atoms with E-state index in [1.54, 1.807) is 0 Å². The number of hydrogen-bond donors (Lipinski definition) is 2. The molecule has 0 rings (SSSR count). The first-order chi connectivity index (χ1) is 45.8. The maximum absolute atomic E-state index is 12.8. The van der Waals surface area contributed by atoms with Crippen LogP contribution in [-0.2, 0) is 32.7 Å². The monoisotopic (exact) mass is 1330 g/mol. The van der Waals surface area contributed by atoms with Gasteiger partial charge in [-0.05, 0) is 57.8 Å². The Hall–Kier alpha value is -2.29. The van der Waals surface area contributed by atoms with Crippen molar-refractivity contribution in [2.75, 3.05) is 26.4 Å². The van der Waals surface area contributed by atoms with Crippen molar-refractivity contribution in [2.45, 2.75) is 431 Å². The van der Waals surface area contributed by atoms with Crippen LogP contribution in [0.3, 0.4) is 0 Å². The lowest BCUT2D eigenvalue weighted by Crippen LogP contribution is -2.29. The Labute approximate surface area is 578 Å². The molecule has 93 heavy (non-hydrogen) atoms. The molecule has 0 aromatic rings. The van der Waals surface area contributed by atoms with Gasteiger partial charge < -0.3 is 20.1 Å². The third-order valence-electron chi connectivity index (χ3n) is 18.4. The molecule has 0 spiro atoms. The highest BCUT2D eigenvalue weighted by Gasteiger charge is 2.26. The first-order valence-corrected chi connectivity index (χ1v) is 42.3. The van der Waals surface area contributed by atoms with Gasteiger partial charge in [0.25, 0.3) is 0 Å². The number of ether oxygens (including phenoxy) is 2. The van der Waals surface area contributed by atoms with Crippen LogP contribution in [0.5, 0.6) is 0 Å². The number of unbranched alkanes of at least 4 members (excludes halogenated alkanes) is 55. The first-order valence-electron chi connectivity index (χ1n) is 40.8. The number of esters is 2. The molecule has 0 fully saturated rings. The standard InChI is InChI=1S/C83H156NO8P/c1-3-5-7-9-11-13-15-17-19-21-23-25-27-29-31-33-35-37-38-39-40-41-42-44-46-48-50-52-54-56-58-60-62-64-66-68-70-72-74-76-83(86)92-81(80-91-93(87,88)90-78-77-84)79-89-82(85)75-73-71-69-67-65-63-61-59-57-55-53-51-49-47-45-43-36-34-32-30-28-26-24-22-20-18-16-14-12-10-8-6-4-2/h5,7,11,13,17,19,23,25,29,31,81H,3-4,6,8-10,12,14-16,18,20-22,24,26-28,30,32-80,84H2,1-2H3,(H,87,88)/b7-5-,13-11-,19-17-,25-23-,31-29-. The summed E-state index contributed by atoms with van der Waals surface area (Å²) in [7, 11) is -4.39. The van der Waals surface area contributed by atoms with Crippen LogP contribution in [0.1, 0.15) is 425 Å². The van der Waals surface area contributed by atoms with Gasteiger partial charge in [0.1, 0.15) is 6.61 Å². The first kappa shape index (κ1) is 90.7. The van der Waals surface area contributed by atoms with Crippen LogP contribution >= 0.6 is 7.82 Å². The summed E-state index contributed by atoms with van der Waals surface area (Å²) in [6.45, 7) is 3.72. The summed E-state index contributed by atoms with van der Waals surface area (Å²) in [5.74, 6) is -0.801. The van der Waals surface area contributed by atoms with E-state index >= 15 is 0 Å². The molecule has 0 bridgehead atoms. The Kier molecular flexibility index (Phi) is 76.8. The summed E-state index contributed by atoms with van der Waals surface area (Å²) in [6.07, 6.45) is 104. The molecule has 0 heterocycles. The van der Waals surface area contributed by atoms with Crippen LogP contribution < -0.4 is 5.73 Å². The number of hydrogen-bond acceptors (Lipinski definition) is 8. The number of carbonyl (C=O) groups excluding carboxylic acids is 2. The molecule has 2 atom stereocenters. The second-order valence-corrected chi connectivity index (χ2v) is 29.1. The average molecular weight is 1330 g/mol. The zero-order valence-corrected chi connectivity index (χ0v) is 62.7. The van der Waals surface area contributed by atoms with Crippen molar-refractivity contribution < 1.29 is 37.6 Å². The predicted molar refractivity (Wildman–Crippen MR) is 404 cm³/mol. The third-order valence-corrected chi connectivity index (χ3v) is 19.4. The summed E-state index contributed by atoms with van der Waals surface area (Å²) < 4.78 is 33.3. The van der Waals surface area contributed by atoms with Gasteiger partial charge in [0.05, 0.1) is 13.2 Å². The minimum Gasteiger partial charge on any atom is -0.462 e. The van der Waals surface area contributed by atoms with Crippen molar-refractivity contribution in [1.82, 2.24) is 0 Å². The van der Waals surface area contributed by atoms with Gasteiger partial charge in [0.2, 0.25) is 0 Å². The molecule has 3 N–H and O–H groups in total. The second-order valence-electron chi connectivity index (χ2n) is 27.6. The molecule has 0 aliphatic carbocycles. The van der Waals surface area contributed by atoms with Crippen LogP contribution in [0.4, 0.5) is 0 Å². The molecule has 0 amide bonds. The third kappa shape index (κ3) is 78.6. The van der Waals surface area contributed by atoms with E-state index in [4.69, 9.17) is 24.3 Å². The van der Waals surface area contributed by atoms with E-state index in [0.29, 0.717) is 6.42 Å². The minimum absolute atomic E-state index is 0.0560. The van der Waals surface area contributed by atoms with E-state index in [1.165, 1.54) is 327 Å². The van der Waals surface area contributed by atoms with Gasteiger partial charge in [-0.3, -0.25) is 18.6 Å². The number of phosphoric acid groups is 1. The number of phosphoric ester groups is 1. The van der Waals surface area contributed by atoms with E-state index in [-0.39, 0.29) is 38.6 Å². The van der Waals surface area contributed by atoms with Gasteiger partial charge in [-0.25, -0.2) is 4.57 Å². The fraction of sp³-hybridized carbons (Fsp3) is 0.855. The van der Waals surface area contributed by atoms with Crippen LogP contribution in [-0.4, -0.2) is 49.3 Å². The van der Waals surface area contributed by atoms with Gasteiger partial charge in [-0.2, -0.15) is 0 Å². The molecular weight excluding hydrogens is 1170 g/mol. The molecule has 2 unspecified atom stereocenters. The molecule has 0 aromatic carbocycles. The lowest BCUT2D eigenvalue weighted by Gasteiger charge is -2.19. The molecule has 546 valence electrons. The van der Waals surface area contributed by atoms with E-state index < -0.39 is 26.5 Å². The van der Waals surface area contributed by atoms with Crippen molar-refractivity contribution in [1.29, 1.82) is 0 Å². The van der Waals surface area contributed by atoms with E-state index in [0.717, 1.165) is 64.2 Å². The van der Waals surface area contributed by atoms with Crippen LogP contribution in [0.25, 0.3) is 0 Å². The molecule has 0 aliphatic heterocycles. The maximum Gasteiger partial charge on any atom is 0.472 e. The molecule has 9 nitrogen and oxygen atoms in total. The fourth-order valence-electron chi connectivity index (χ4n) is 12.4. The summed E-state index contributed by atoms with van der Waals surface area (Å²) in [4.78, 5) is 35.5. The summed E-state index contributed by atoms with van der Waals surface area (Å²) in [5.41, 5.74) is 5.42. The average Bonchev–Trinajstić information content (AvgIpc) is 3.60. The van der Waals surface area contributed by atoms with E-state index in [9.17, 15) is 19.0 Å². The SMILES string of the molecule is CC/C=C\C/C=C\C/C=C\C/C=C\C/C=C\CCCCCCCCCCCCCCCCCCCCCCCCCC(=O)OC(COC(=O)CCCCCCCCCCCCCCCCCCCCCCCCCCCCCCCCCCC)COP(=O)(O)OCCN. The van der Waals surface area contributed by atoms with E-state index in [1.807, 2.05) is 0 Å². The quantitative estimate of drug-likeness (QED) is 0.0264. The predicted octanol–water partition coefficient (Wildman–Crippen LogP) is 27.3. The Bertz CT molecular complexity index is 1710. The van der Waals surface area contributed by atoms with Crippen molar-refractivity contribution >= 4 is 19.8 Å². The zero-order valence-electron chi connectivity index (χ0n) is 61.8. The van der Waals surface area contributed by atoms with Gasteiger partial charge >= 0.3 is 19.8 Å². The highest BCUT2D eigenvalue weighted by molar-refractivity contribution is 7.47. The van der Waals surface area contributed by atoms with Gasteiger partial charge in [0, 0.05) is 19.4 Å². The van der Waals surface area contributed by atoms with Crippen LogP contribution in [0.2, 0.25) is 0 Å². The summed E-state index contributed by atoms with van der Waals surface area (Å²) in [6, 6.07) is 0. The highest BCUT2D eigenvalue weighted by atomic mass is 31.2. The van der Waals surface area contributed by atoms with Crippen molar-refractivity contribution in [2.24, 2.45) is 5.73 Å². The minimum atomic E-state index is -4.39. The molecular formula is C83H156NO8P. The molecule has 0 radical (unpaired) electrons. The summed E-state index contributed by atoms with van der Waals surface area (Å²) in [5, 5.41) is 0. The lowest BCUT2D eigenvalue weighted by atomic mass is 10.0. The number of rotatable bonds is 78. The summed E-state index contributed by atoms with van der Waals surface area (Å²) >= 11 is 0. The largest absolute Gasteiger partial charge is 0.472 e. The second kappa shape index (κ2) is 78.7. The Morgan fingerprint density at radius 1 is 0.333 bits per heavy atom. The van der Waals surface area contributed by atoms with Gasteiger partial charge in [-0.1, -0.05) is 415 Å². The van der Waals surface area contributed by atoms with Crippen molar-refractivity contribution in [3.63, 3.8) is 0 Å². The number of nitrogens with two attached hydrogens (primary N) is 1. The Morgan fingerprint density at radius 3 is 0.882 bits per heavy atom. The number of allylic oxidation sites excluding steroid dienone is 10. The van der Waals surface area contributed by atoms with Gasteiger partial charge in [0.15, 0.2) is 6.10 Å². The molecule has 0 saturated carbocycles. The van der Waals surface area contributed by atoms with Gasteiger partial charge in [-0.15, -0.1) is 0 Å². The fourth-order valence-corrected chi connectivity index (χ4v) is 13.2. The van der Waals surface area contributed by atoms with Crippen molar-refractivity contribution in [3.05, 3.63) is 60.8 Å². The molecule has 0 saturated heterocycles. The smallest absolute Gasteiger partial charge is 0.462 e. The zero-order chi connectivity index (χ0) is 67.2. The highest BCUT2D eigenvalue weighted by Crippen LogP contribution is 2.43. The Morgan fingerprint density at radius 2 is 0.591 bits per heavy atom. The lowest BCUT2D eigenvalue weighted by molar-refractivity contribution is -0.161. The van der Waals surface area contributed by atoms with E-state index in [2.05, 4.69) is 74.6 Å². The maximum atomic E-state index is 12.8. The van der Waals surface area contributed by atoms with Crippen molar-refractivity contribution in [3.8, 4) is 0 Å². The number of carbonyl (C=O) groups is 2. The molecule has 10 heteroatoms. The molecule has 0 aromatic heterocycles.